The number of hydrogen-bond acceptors (Lipinski definition) is 5. The minimum Gasteiger partial charge on any atom is -0.311 e. The number of nitrogens with one attached hydrogen (secondary N) is 1. The van der Waals surface area contributed by atoms with E-state index < -0.39 is 0 Å². The van der Waals surface area contributed by atoms with Gasteiger partial charge in [0.2, 0.25) is 0 Å². The molecule has 0 saturated carbocycles. The fourth-order valence-electron chi connectivity index (χ4n) is 3.04. The summed E-state index contributed by atoms with van der Waals surface area (Å²) in [6, 6.07) is 2.11. The molecule has 1 aromatic heterocycles. The number of piperidine rings is 1. The molecular formula is C11H17ClN4S. The Kier molecular flexibility index (Phi) is 3.34. The van der Waals surface area contributed by atoms with Crippen LogP contribution in [0, 0.1) is 0 Å². The predicted molar refractivity (Wildman–Crippen MR) is 69.4 cm³/mol. The summed E-state index contributed by atoms with van der Waals surface area (Å²) >= 11 is 7.32. The van der Waals surface area contributed by atoms with Gasteiger partial charge in [0, 0.05) is 36.2 Å². The summed E-state index contributed by atoms with van der Waals surface area (Å²) in [6.45, 7) is 0.819. The molecule has 4 nitrogen and oxygen atoms in total. The fraction of sp³-hybridized carbons (Fsp3) is 0.818. The Morgan fingerprint density at radius 2 is 2.12 bits per heavy atom. The highest BCUT2D eigenvalue weighted by molar-refractivity contribution is 7.10. The van der Waals surface area contributed by atoms with Crippen LogP contribution >= 0.6 is 23.1 Å². The molecule has 2 aliphatic rings. The van der Waals surface area contributed by atoms with Crippen molar-refractivity contribution in [3.8, 4) is 0 Å². The Morgan fingerprint density at radius 1 is 1.41 bits per heavy atom. The molecule has 3 heterocycles. The van der Waals surface area contributed by atoms with E-state index in [1.807, 2.05) is 0 Å². The number of halogens is 1. The number of rotatable bonds is 3. The maximum atomic E-state index is 6.05. The first kappa shape index (κ1) is 11.8. The van der Waals surface area contributed by atoms with E-state index in [1.165, 1.54) is 37.2 Å². The highest BCUT2D eigenvalue weighted by Gasteiger charge is 2.35. The normalized spacial score (nSPS) is 32.3. The monoisotopic (exact) mass is 272 g/mol. The molecule has 0 spiro atoms. The Bertz CT molecular complexity index is 385. The lowest BCUT2D eigenvalue weighted by Crippen LogP contribution is -2.46. The first-order valence-electron chi connectivity index (χ1n) is 6.15. The summed E-state index contributed by atoms with van der Waals surface area (Å²) in [5, 5.41) is 7.75. The maximum Gasteiger partial charge on any atom is 0.138 e. The fourth-order valence-corrected chi connectivity index (χ4v) is 3.66. The van der Waals surface area contributed by atoms with Crippen molar-refractivity contribution < 1.29 is 0 Å². The molecule has 1 N–H and O–H groups in total. The van der Waals surface area contributed by atoms with Crippen LogP contribution in [0.25, 0.3) is 0 Å². The van der Waals surface area contributed by atoms with E-state index in [9.17, 15) is 0 Å². The Hall–Kier alpha value is -0.230. The molecule has 1 aromatic rings. The third-order valence-corrected chi connectivity index (χ3v) is 4.96. The molecular weight excluding hydrogens is 256 g/mol. The van der Waals surface area contributed by atoms with E-state index in [2.05, 4.69) is 26.9 Å². The van der Waals surface area contributed by atoms with Gasteiger partial charge >= 0.3 is 0 Å². The second-order valence-electron chi connectivity index (χ2n) is 5.17. The van der Waals surface area contributed by atoms with Crippen LogP contribution in [0.3, 0.4) is 0 Å². The Labute approximate surface area is 111 Å². The number of fused-ring (bicyclic) bond motifs is 2. The van der Waals surface area contributed by atoms with E-state index in [1.54, 1.807) is 0 Å². The summed E-state index contributed by atoms with van der Waals surface area (Å²) in [7, 11) is 2.17. The lowest BCUT2D eigenvalue weighted by Gasteiger charge is -2.35. The molecule has 2 bridgehead atoms. The number of hydrogen-bond donors (Lipinski definition) is 1. The molecule has 0 radical (unpaired) electrons. The van der Waals surface area contributed by atoms with Gasteiger partial charge in [0.05, 0.1) is 0 Å². The van der Waals surface area contributed by atoms with Gasteiger partial charge in [0.1, 0.15) is 10.0 Å². The van der Waals surface area contributed by atoms with Gasteiger partial charge in [-0.2, -0.15) is 0 Å². The second kappa shape index (κ2) is 4.80. The minimum atomic E-state index is 0.659. The minimum absolute atomic E-state index is 0.659. The van der Waals surface area contributed by atoms with E-state index in [-0.39, 0.29) is 0 Å². The smallest absolute Gasteiger partial charge is 0.138 e. The average Bonchev–Trinajstić information content (AvgIpc) is 2.86. The van der Waals surface area contributed by atoms with Crippen molar-refractivity contribution in [1.29, 1.82) is 0 Å². The first-order valence-corrected chi connectivity index (χ1v) is 7.30. The summed E-state index contributed by atoms with van der Waals surface area (Å²) in [5.74, 6) is 0. The van der Waals surface area contributed by atoms with E-state index in [0.29, 0.717) is 6.04 Å². The Balaban J connectivity index is 1.63. The molecule has 0 amide bonds. The van der Waals surface area contributed by atoms with Gasteiger partial charge in [0.25, 0.3) is 0 Å². The maximum absolute atomic E-state index is 6.05. The van der Waals surface area contributed by atoms with Crippen molar-refractivity contribution in [3.05, 3.63) is 10.0 Å². The molecule has 0 aliphatic carbocycles. The zero-order valence-corrected chi connectivity index (χ0v) is 11.5. The van der Waals surface area contributed by atoms with Crippen molar-refractivity contribution in [3.63, 3.8) is 0 Å². The standard InChI is InChI=1S/C11H17ClN4S/c1-16(6-10-11(12)17-15-14-10)9-4-7-2-3-8(5-9)13-7/h7-9,13H,2-6H2,1H3. The van der Waals surface area contributed by atoms with Crippen molar-refractivity contribution in [2.24, 2.45) is 0 Å². The van der Waals surface area contributed by atoms with Crippen LogP contribution in [0.4, 0.5) is 0 Å². The number of nitrogens with zero attached hydrogens (tertiary/aromatic N) is 3. The molecule has 2 atom stereocenters. The lowest BCUT2D eigenvalue weighted by molar-refractivity contribution is 0.164. The van der Waals surface area contributed by atoms with Crippen molar-refractivity contribution in [2.75, 3.05) is 7.05 Å². The molecule has 0 aromatic carbocycles. The van der Waals surface area contributed by atoms with E-state index in [0.717, 1.165) is 28.7 Å². The lowest BCUT2D eigenvalue weighted by atomic mass is 9.98. The average molecular weight is 273 g/mol. The van der Waals surface area contributed by atoms with Gasteiger partial charge in [-0.05, 0) is 32.7 Å². The van der Waals surface area contributed by atoms with Crippen LogP contribution < -0.4 is 5.32 Å². The van der Waals surface area contributed by atoms with Crippen LogP contribution in [-0.2, 0) is 6.54 Å². The molecule has 6 heteroatoms. The molecule has 2 unspecified atom stereocenters. The summed E-state index contributed by atoms with van der Waals surface area (Å²) in [4.78, 5) is 2.38. The zero-order chi connectivity index (χ0) is 11.8. The van der Waals surface area contributed by atoms with Gasteiger partial charge < -0.3 is 5.32 Å². The first-order chi connectivity index (χ1) is 8.22. The third kappa shape index (κ3) is 2.47. The summed E-state index contributed by atoms with van der Waals surface area (Å²) in [6.07, 6.45) is 5.19. The van der Waals surface area contributed by atoms with Crippen LogP contribution in [0.1, 0.15) is 31.4 Å². The molecule has 3 rings (SSSR count). The molecule has 2 saturated heterocycles. The van der Waals surface area contributed by atoms with Crippen LogP contribution in [0.5, 0.6) is 0 Å². The SMILES string of the molecule is CN(Cc1nnsc1Cl)C1CC2CCC(C1)N2. The van der Waals surface area contributed by atoms with E-state index >= 15 is 0 Å². The summed E-state index contributed by atoms with van der Waals surface area (Å²) in [5.41, 5.74) is 0.921. The molecule has 2 fully saturated rings. The van der Waals surface area contributed by atoms with Gasteiger partial charge in [0.15, 0.2) is 0 Å². The zero-order valence-electron chi connectivity index (χ0n) is 9.90. The molecule has 94 valence electrons. The number of aromatic nitrogens is 2. The quantitative estimate of drug-likeness (QED) is 0.913. The van der Waals surface area contributed by atoms with Crippen LogP contribution in [0.2, 0.25) is 4.34 Å². The predicted octanol–water partition coefficient (Wildman–Crippen LogP) is 1.91. The molecule has 2 aliphatic heterocycles. The van der Waals surface area contributed by atoms with Crippen LogP contribution in [-0.4, -0.2) is 39.7 Å². The topological polar surface area (TPSA) is 41.1 Å². The van der Waals surface area contributed by atoms with Gasteiger partial charge in [-0.1, -0.05) is 16.1 Å². The van der Waals surface area contributed by atoms with Crippen LogP contribution in [0.15, 0.2) is 0 Å². The second-order valence-corrected chi connectivity index (χ2v) is 6.53. The van der Waals surface area contributed by atoms with Gasteiger partial charge in [-0.3, -0.25) is 4.90 Å². The highest BCUT2D eigenvalue weighted by Crippen LogP contribution is 2.30. The Morgan fingerprint density at radius 3 is 2.71 bits per heavy atom. The van der Waals surface area contributed by atoms with Gasteiger partial charge in [-0.25, -0.2) is 0 Å². The summed E-state index contributed by atoms with van der Waals surface area (Å²) < 4.78 is 4.61. The van der Waals surface area contributed by atoms with Crippen molar-refractivity contribution in [2.45, 2.75) is 50.4 Å². The third-order valence-electron chi connectivity index (χ3n) is 3.98. The van der Waals surface area contributed by atoms with Crippen molar-refractivity contribution in [1.82, 2.24) is 19.8 Å². The largest absolute Gasteiger partial charge is 0.311 e. The van der Waals surface area contributed by atoms with Crippen molar-refractivity contribution >= 4 is 23.1 Å². The molecule has 17 heavy (non-hydrogen) atoms. The highest BCUT2D eigenvalue weighted by atomic mass is 35.5. The van der Waals surface area contributed by atoms with E-state index in [4.69, 9.17) is 11.6 Å². The van der Waals surface area contributed by atoms with Gasteiger partial charge in [-0.15, -0.1) is 5.10 Å².